The third kappa shape index (κ3) is 4.14. The van der Waals surface area contributed by atoms with E-state index in [1.807, 2.05) is 24.6 Å². The van der Waals surface area contributed by atoms with Crippen LogP contribution in [0.25, 0.3) is 0 Å². The van der Waals surface area contributed by atoms with Crippen LogP contribution in [0.4, 0.5) is 0 Å². The van der Waals surface area contributed by atoms with E-state index in [1.54, 1.807) is 4.90 Å². The van der Waals surface area contributed by atoms with Crippen LogP contribution < -0.4 is 10.6 Å². The molecule has 1 saturated carbocycles. The topological polar surface area (TPSA) is 79.3 Å². The molecule has 0 bridgehead atoms. The number of aromatic nitrogens is 2. The van der Waals surface area contributed by atoms with Crippen LogP contribution in [-0.2, 0) is 16.1 Å². The SMILES string of the molecule is Cc1cc(C)n(CCCC(=O)N2CCNC[C@@H]2C(=O)NC2CC2)n1. The van der Waals surface area contributed by atoms with E-state index in [9.17, 15) is 9.59 Å². The lowest BCUT2D eigenvalue weighted by molar-refractivity contribution is -0.141. The molecule has 1 aromatic rings. The predicted molar refractivity (Wildman–Crippen MR) is 90.5 cm³/mol. The molecule has 1 saturated heterocycles. The van der Waals surface area contributed by atoms with E-state index in [0.717, 1.165) is 43.7 Å². The van der Waals surface area contributed by atoms with Gasteiger partial charge in [-0.25, -0.2) is 0 Å². The Morgan fingerprint density at radius 2 is 2.17 bits per heavy atom. The van der Waals surface area contributed by atoms with Gasteiger partial charge in [-0.05, 0) is 39.2 Å². The van der Waals surface area contributed by atoms with Crippen molar-refractivity contribution >= 4 is 11.8 Å². The number of hydrogen-bond donors (Lipinski definition) is 2. The van der Waals surface area contributed by atoms with Crippen LogP contribution in [0, 0.1) is 13.8 Å². The first-order valence-corrected chi connectivity index (χ1v) is 8.86. The first-order valence-electron chi connectivity index (χ1n) is 8.86. The summed E-state index contributed by atoms with van der Waals surface area (Å²) < 4.78 is 1.94. The lowest BCUT2D eigenvalue weighted by Gasteiger charge is -2.35. The fourth-order valence-electron chi connectivity index (χ4n) is 3.19. The molecule has 2 fully saturated rings. The Bertz CT molecular complexity index is 608. The largest absolute Gasteiger partial charge is 0.352 e. The number of rotatable bonds is 6. The highest BCUT2D eigenvalue weighted by atomic mass is 16.2. The molecule has 0 spiro atoms. The van der Waals surface area contributed by atoms with Gasteiger partial charge in [0.1, 0.15) is 6.04 Å². The van der Waals surface area contributed by atoms with Crippen LogP contribution >= 0.6 is 0 Å². The molecule has 24 heavy (non-hydrogen) atoms. The molecule has 7 nitrogen and oxygen atoms in total. The van der Waals surface area contributed by atoms with Crippen LogP contribution in [0.1, 0.15) is 37.1 Å². The van der Waals surface area contributed by atoms with Crippen LogP contribution in [-0.4, -0.2) is 58.2 Å². The second-order valence-electron chi connectivity index (χ2n) is 6.84. The molecule has 2 amide bonds. The van der Waals surface area contributed by atoms with E-state index < -0.39 is 0 Å². The zero-order chi connectivity index (χ0) is 17.1. The van der Waals surface area contributed by atoms with Gasteiger partial charge in [-0.3, -0.25) is 14.3 Å². The maximum atomic E-state index is 12.6. The number of nitrogens with zero attached hydrogens (tertiary/aromatic N) is 3. The van der Waals surface area contributed by atoms with Gasteiger partial charge < -0.3 is 15.5 Å². The maximum absolute atomic E-state index is 12.6. The highest BCUT2D eigenvalue weighted by Crippen LogP contribution is 2.19. The second-order valence-corrected chi connectivity index (χ2v) is 6.84. The van der Waals surface area contributed by atoms with Crippen molar-refractivity contribution < 1.29 is 9.59 Å². The van der Waals surface area contributed by atoms with Crippen molar-refractivity contribution in [2.45, 2.75) is 58.2 Å². The van der Waals surface area contributed by atoms with Crippen LogP contribution in [0.3, 0.4) is 0 Å². The van der Waals surface area contributed by atoms with Gasteiger partial charge in [0.15, 0.2) is 0 Å². The molecular weight excluding hydrogens is 306 g/mol. The number of carbonyl (C=O) groups is 2. The van der Waals surface area contributed by atoms with Crippen molar-refractivity contribution in [2.24, 2.45) is 0 Å². The first kappa shape index (κ1) is 17.0. The third-order valence-electron chi connectivity index (χ3n) is 4.65. The fourth-order valence-corrected chi connectivity index (χ4v) is 3.19. The Morgan fingerprint density at radius 3 is 2.83 bits per heavy atom. The van der Waals surface area contributed by atoms with E-state index >= 15 is 0 Å². The Balaban J connectivity index is 1.51. The number of aryl methyl sites for hydroxylation is 3. The van der Waals surface area contributed by atoms with E-state index in [0.29, 0.717) is 25.6 Å². The molecule has 0 unspecified atom stereocenters. The van der Waals surface area contributed by atoms with Gasteiger partial charge in [0.25, 0.3) is 0 Å². The summed E-state index contributed by atoms with van der Waals surface area (Å²) in [6.07, 6.45) is 3.30. The highest BCUT2D eigenvalue weighted by Gasteiger charge is 2.34. The Morgan fingerprint density at radius 1 is 1.38 bits per heavy atom. The van der Waals surface area contributed by atoms with Gasteiger partial charge in [-0.1, -0.05) is 0 Å². The molecule has 2 N–H and O–H groups in total. The van der Waals surface area contributed by atoms with Crippen LogP contribution in [0.2, 0.25) is 0 Å². The van der Waals surface area contributed by atoms with Crippen molar-refractivity contribution in [3.63, 3.8) is 0 Å². The average Bonchev–Trinajstić information content (AvgIpc) is 3.31. The van der Waals surface area contributed by atoms with Crippen molar-refractivity contribution in [1.82, 2.24) is 25.3 Å². The molecule has 1 atom stereocenters. The number of nitrogens with one attached hydrogen (secondary N) is 2. The Labute approximate surface area is 142 Å². The van der Waals surface area contributed by atoms with E-state index in [1.165, 1.54) is 0 Å². The molecule has 132 valence electrons. The molecule has 3 rings (SSSR count). The first-order chi connectivity index (χ1) is 11.5. The lowest BCUT2D eigenvalue weighted by atomic mass is 10.1. The van der Waals surface area contributed by atoms with Gasteiger partial charge in [-0.2, -0.15) is 5.10 Å². The van der Waals surface area contributed by atoms with E-state index in [-0.39, 0.29) is 17.9 Å². The zero-order valence-electron chi connectivity index (χ0n) is 14.5. The molecular formula is C17H27N5O2. The van der Waals surface area contributed by atoms with Gasteiger partial charge >= 0.3 is 0 Å². The predicted octanol–water partition coefficient (Wildman–Crippen LogP) is 0.359. The van der Waals surface area contributed by atoms with Gasteiger partial charge in [-0.15, -0.1) is 0 Å². The molecule has 7 heteroatoms. The smallest absolute Gasteiger partial charge is 0.244 e. The fraction of sp³-hybridized carbons (Fsp3) is 0.706. The summed E-state index contributed by atoms with van der Waals surface area (Å²) in [6, 6.07) is 1.99. The third-order valence-corrected chi connectivity index (χ3v) is 4.65. The Hall–Kier alpha value is -1.89. The molecule has 0 aromatic carbocycles. The minimum atomic E-state index is -0.375. The monoisotopic (exact) mass is 333 g/mol. The number of amides is 2. The minimum Gasteiger partial charge on any atom is -0.352 e. The summed E-state index contributed by atoms with van der Waals surface area (Å²) in [6.45, 7) is 6.62. The molecule has 2 heterocycles. The Kier molecular flexibility index (Phi) is 5.18. The second kappa shape index (κ2) is 7.34. The number of hydrogen-bond acceptors (Lipinski definition) is 4. The quantitative estimate of drug-likeness (QED) is 0.788. The number of carbonyl (C=O) groups excluding carboxylic acids is 2. The highest BCUT2D eigenvalue weighted by molar-refractivity contribution is 5.88. The molecule has 1 aromatic heterocycles. The summed E-state index contributed by atoms with van der Waals surface area (Å²) in [7, 11) is 0. The zero-order valence-corrected chi connectivity index (χ0v) is 14.5. The summed E-state index contributed by atoms with van der Waals surface area (Å²) >= 11 is 0. The molecule has 1 aliphatic heterocycles. The summed E-state index contributed by atoms with van der Waals surface area (Å²) in [5, 5.41) is 10.7. The van der Waals surface area contributed by atoms with Crippen LogP contribution in [0.5, 0.6) is 0 Å². The summed E-state index contributed by atoms with van der Waals surface area (Å²) in [5.74, 6) is 0.0468. The average molecular weight is 333 g/mol. The summed E-state index contributed by atoms with van der Waals surface area (Å²) in [4.78, 5) is 26.7. The van der Waals surface area contributed by atoms with Crippen molar-refractivity contribution in [3.05, 3.63) is 17.5 Å². The standard InChI is InChI=1S/C17H27N5O2/c1-12-10-13(2)22(20-12)8-3-4-16(23)21-9-7-18-11-15(21)17(24)19-14-5-6-14/h10,14-15,18H,3-9,11H2,1-2H3,(H,19,24)/t15-/m1/s1. The van der Waals surface area contributed by atoms with Gasteiger partial charge in [0.05, 0.1) is 5.69 Å². The lowest BCUT2D eigenvalue weighted by Crippen LogP contribution is -2.59. The van der Waals surface area contributed by atoms with E-state index in [4.69, 9.17) is 0 Å². The number of piperazine rings is 1. The van der Waals surface area contributed by atoms with Crippen LogP contribution in [0.15, 0.2) is 6.07 Å². The normalized spacial score (nSPS) is 20.9. The minimum absolute atomic E-state index is 0.0170. The van der Waals surface area contributed by atoms with Crippen molar-refractivity contribution in [3.8, 4) is 0 Å². The van der Waals surface area contributed by atoms with Gasteiger partial charge in [0, 0.05) is 44.3 Å². The van der Waals surface area contributed by atoms with E-state index in [2.05, 4.69) is 15.7 Å². The maximum Gasteiger partial charge on any atom is 0.244 e. The van der Waals surface area contributed by atoms with Gasteiger partial charge in [0.2, 0.25) is 11.8 Å². The van der Waals surface area contributed by atoms with Crippen molar-refractivity contribution in [2.75, 3.05) is 19.6 Å². The molecule has 1 aliphatic carbocycles. The van der Waals surface area contributed by atoms with Crippen molar-refractivity contribution in [1.29, 1.82) is 0 Å². The summed E-state index contributed by atoms with van der Waals surface area (Å²) in [5.41, 5.74) is 2.11. The molecule has 0 radical (unpaired) electrons. The molecule has 2 aliphatic rings.